The van der Waals surface area contributed by atoms with Gasteiger partial charge in [-0.1, -0.05) is 270 Å². The van der Waals surface area contributed by atoms with E-state index in [1.165, 1.54) is 116 Å². The fraction of sp³-hybridized carbons (Fsp3) is 0.687. The molecule has 0 bridgehead atoms. The average Bonchev–Trinajstić information content (AvgIpc) is 3.38. The van der Waals surface area contributed by atoms with Crippen LogP contribution in [0, 0.1) is 0 Å². The normalized spacial score (nSPS) is 14.7. The number of aliphatic hydroxyl groups is 1. The first kappa shape index (κ1) is 72.9. The number of carbonyl (C=O) groups excluding carboxylic acids is 1. The summed E-state index contributed by atoms with van der Waals surface area (Å²) in [5.74, 6) is -0.192. The molecule has 8 nitrogen and oxygen atoms in total. The molecule has 0 saturated carbocycles. The van der Waals surface area contributed by atoms with Crippen molar-refractivity contribution in [1.29, 1.82) is 0 Å². The van der Waals surface area contributed by atoms with Gasteiger partial charge < -0.3 is 19.8 Å². The van der Waals surface area contributed by atoms with E-state index in [1.807, 2.05) is 27.2 Å². The molecule has 1 amide bonds. The summed E-state index contributed by atoms with van der Waals surface area (Å²) >= 11 is 0. The van der Waals surface area contributed by atoms with E-state index < -0.39 is 20.0 Å². The number of nitrogens with one attached hydrogen (secondary N) is 1. The van der Waals surface area contributed by atoms with Gasteiger partial charge in [0.05, 0.1) is 39.9 Å². The standard InChI is InChI=1S/C67H117N2O6P/c1-6-8-10-12-14-16-18-20-22-24-26-27-28-29-30-31-32-33-34-35-36-37-38-39-40-41-43-45-47-49-51-53-55-57-59-61-67(71)68-65(64-75-76(72,73)74-63-62-69(3,4)5)66(70)60-58-56-54-52-50-48-46-44-42-25-23-21-19-17-15-13-11-9-7-2/h8,10,14,16,20,22,26-27,29-30,32-33,35-36,38-39,41,43,58,60,65-66,70H,6-7,9,11-13,15,17-19,21,23-25,28,31,34,37,40,42,44-57,59,61-64H2,1-5H3,(H-,68,71,72,73)/p+1/b10-8-,16-14-,22-20-,27-26-,30-29-,33-32-,36-35-,39-38-,43-41-,60-58+. The number of rotatable bonds is 55. The Morgan fingerprint density at radius 3 is 1.16 bits per heavy atom. The van der Waals surface area contributed by atoms with Crippen molar-refractivity contribution in [2.75, 3.05) is 40.9 Å². The summed E-state index contributed by atoms with van der Waals surface area (Å²) in [5.41, 5.74) is 0. The van der Waals surface area contributed by atoms with Gasteiger partial charge in [0.15, 0.2) is 0 Å². The van der Waals surface area contributed by atoms with Gasteiger partial charge in [0.25, 0.3) is 0 Å². The van der Waals surface area contributed by atoms with E-state index in [-0.39, 0.29) is 19.1 Å². The van der Waals surface area contributed by atoms with Crippen LogP contribution in [-0.2, 0) is 18.4 Å². The van der Waals surface area contributed by atoms with Gasteiger partial charge in [-0.2, -0.15) is 0 Å². The Morgan fingerprint density at radius 1 is 0.461 bits per heavy atom. The zero-order chi connectivity index (χ0) is 55.6. The highest BCUT2D eigenvalue weighted by atomic mass is 31.2. The molecule has 436 valence electrons. The molecule has 0 radical (unpaired) electrons. The molecule has 0 heterocycles. The minimum atomic E-state index is -4.36. The number of allylic oxidation sites excluding steroid dienone is 19. The minimum Gasteiger partial charge on any atom is -0.387 e. The van der Waals surface area contributed by atoms with Crippen LogP contribution in [0.1, 0.15) is 245 Å². The molecular formula is C67H118N2O6P+. The summed E-state index contributed by atoms with van der Waals surface area (Å²) < 4.78 is 23.7. The lowest BCUT2D eigenvalue weighted by Gasteiger charge is -2.25. The van der Waals surface area contributed by atoms with Gasteiger partial charge in [-0.05, 0) is 89.9 Å². The second-order valence-corrected chi connectivity index (χ2v) is 23.2. The number of unbranched alkanes of at least 4 members (excludes halogenated alkanes) is 24. The highest BCUT2D eigenvalue weighted by Gasteiger charge is 2.27. The van der Waals surface area contributed by atoms with Crippen LogP contribution in [0.2, 0.25) is 0 Å². The maximum absolute atomic E-state index is 13.0. The number of phosphoric ester groups is 1. The van der Waals surface area contributed by atoms with Crippen LogP contribution in [0.15, 0.2) is 122 Å². The number of likely N-dealkylation sites (N-methyl/N-ethyl adjacent to an activating group) is 1. The van der Waals surface area contributed by atoms with E-state index in [2.05, 4.69) is 129 Å². The SMILES string of the molecule is CC/C=C\C/C=C\C/C=C\C/C=C\C/C=C\C/C=C\C/C=C\C/C=C\C/C=C\CCCCCCCCCC(=O)NC(COP(=O)(O)OCC[N+](C)(C)C)C(O)/C=C/CCCCCCCCCCCCCCCCCCC. The van der Waals surface area contributed by atoms with Gasteiger partial charge >= 0.3 is 7.82 Å². The molecule has 0 aromatic carbocycles. The van der Waals surface area contributed by atoms with Crippen LogP contribution in [0.25, 0.3) is 0 Å². The fourth-order valence-corrected chi connectivity index (χ4v) is 9.12. The monoisotopic (exact) mass is 1080 g/mol. The van der Waals surface area contributed by atoms with Gasteiger partial charge in [-0.3, -0.25) is 13.8 Å². The first-order valence-corrected chi connectivity index (χ1v) is 32.4. The molecule has 0 aromatic rings. The number of quaternary nitrogens is 1. The highest BCUT2D eigenvalue weighted by Crippen LogP contribution is 2.43. The Morgan fingerprint density at radius 2 is 0.789 bits per heavy atom. The third kappa shape index (κ3) is 58.6. The van der Waals surface area contributed by atoms with Crippen molar-refractivity contribution in [1.82, 2.24) is 5.32 Å². The summed E-state index contributed by atoms with van der Waals surface area (Å²) in [6.07, 6.45) is 84.4. The van der Waals surface area contributed by atoms with E-state index in [0.29, 0.717) is 17.4 Å². The molecule has 0 aliphatic rings. The third-order valence-corrected chi connectivity index (χ3v) is 14.2. The molecule has 76 heavy (non-hydrogen) atoms. The number of carbonyl (C=O) groups is 1. The molecular weight excluding hydrogens is 960 g/mol. The van der Waals surface area contributed by atoms with Crippen molar-refractivity contribution in [3.05, 3.63) is 122 Å². The lowest BCUT2D eigenvalue weighted by molar-refractivity contribution is -0.870. The number of nitrogens with zero attached hydrogens (tertiary/aromatic N) is 1. The van der Waals surface area contributed by atoms with E-state index >= 15 is 0 Å². The quantitative estimate of drug-likeness (QED) is 0.0243. The molecule has 3 unspecified atom stereocenters. The summed E-state index contributed by atoms with van der Waals surface area (Å²) in [5, 5.41) is 13.9. The third-order valence-electron chi connectivity index (χ3n) is 13.2. The maximum atomic E-state index is 13.0. The first-order valence-electron chi connectivity index (χ1n) is 30.9. The number of amides is 1. The van der Waals surface area contributed by atoms with Crippen molar-refractivity contribution >= 4 is 13.7 Å². The number of hydrogen-bond donors (Lipinski definition) is 3. The molecule has 9 heteroatoms. The van der Waals surface area contributed by atoms with Gasteiger partial charge in [0, 0.05) is 6.42 Å². The Labute approximate surface area is 469 Å². The van der Waals surface area contributed by atoms with Crippen molar-refractivity contribution < 1.29 is 32.9 Å². The Hall–Kier alpha value is -3.10. The number of hydrogen-bond acceptors (Lipinski definition) is 5. The van der Waals surface area contributed by atoms with Crippen LogP contribution < -0.4 is 5.32 Å². The van der Waals surface area contributed by atoms with Crippen molar-refractivity contribution in [2.45, 2.75) is 257 Å². The predicted molar refractivity (Wildman–Crippen MR) is 332 cm³/mol. The Balaban J connectivity index is 4.22. The van der Waals surface area contributed by atoms with Gasteiger partial charge in [0.1, 0.15) is 13.2 Å². The maximum Gasteiger partial charge on any atom is 0.472 e. The summed E-state index contributed by atoms with van der Waals surface area (Å²) in [6, 6.07) is -0.862. The van der Waals surface area contributed by atoms with Gasteiger partial charge in [-0.15, -0.1) is 0 Å². The highest BCUT2D eigenvalue weighted by molar-refractivity contribution is 7.47. The average molecular weight is 1080 g/mol. The van der Waals surface area contributed by atoms with Gasteiger partial charge in [-0.25, -0.2) is 4.57 Å². The molecule has 0 aromatic heterocycles. The van der Waals surface area contributed by atoms with Crippen LogP contribution in [-0.4, -0.2) is 73.4 Å². The first-order chi connectivity index (χ1) is 37.0. The zero-order valence-electron chi connectivity index (χ0n) is 49.7. The zero-order valence-corrected chi connectivity index (χ0v) is 50.6. The topological polar surface area (TPSA) is 105 Å². The minimum absolute atomic E-state index is 0.0533. The summed E-state index contributed by atoms with van der Waals surface area (Å²) in [6.45, 7) is 4.70. The van der Waals surface area contributed by atoms with Crippen LogP contribution in [0.3, 0.4) is 0 Å². The van der Waals surface area contributed by atoms with Crippen LogP contribution in [0.5, 0.6) is 0 Å². The summed E-state index contributed by atoms with van der Waals surface area (Å²) in [7, 11) is 1.55. The molecule has 0 spiro atoms. The van der Waals surface area contributed by atoms with Crippen molar-refractivity contribution in [2.24, 2.45) is 0 Å². The number of aliphatic hydroxyl groups excluding tert-OH is 1. The number of phosphoric acid groups is 1. The van der Waals surface area contributed by atoms with E-state index in [0.717, 1.165) is 109 Å². The molecule has 3 N–H and O–H groups in total. The lowest BCUT2D eigenvalue weighted by Crippen LogP contribution is -2.45. The Bertz CT molecular complexity index is 1650. The molecule has 0 aliphatic carbocycles. The second-order valence-electron chi connectivity index (χ2n) is 21.7. The predicted octanol–water partition coefficient (Wildman–Crippen LogP) is 19.3. The second kappa shape index (κ2) is 56.6. The fourth-order valence-electron chi connectivity index (χ4n) is 8.39. The summed E-state index contributed by atoms with van der Waals surface area (Å²) in [4.78, 5) is 23.3. The smallest absolute Gasteiger partial charge is 0.387 e. The van der Waals surface area contributed by atoms with E-state index in [4.69, 9.17) is 9.05 Å². The van der Waals surface area contributed by atoms with E-state index in [9.17, 15) is 19.4 Å². The largest absolute Gasteiger partial charge is 0.472 e. The van der Waals surface area contributed by atoms with Crippen molar-refractivity contribution in [3.8, 4) is 0 Å². The van der Waals surface area contributed by atoms with Crippen molar-refractivity contribution in [3.63, 3.8) is 0 Å². The molecule has 3 atom stereocenters. The van der Waals surface area contributed by atoms with Gasteiger partial charge in [0.2, 0.25) is 5.91 Å². The molecule has 0 aliphatic heterocycles. The van der Waals surface area contributed by atoms with Crippen LogP contribution >= 0.6 is 7.82 Å². The molecule has 0 saturated heterocycles. The van der Waals surface area contributed by atoms with Crippen LogP contribution in [0.4, 0.5) is 0 Å². The van der Waals surface area contributed by atoms with E-state index in [1.54, 1.807) is 6.08 Å². The molecule has 0 rings (SSSR count). The lowest BCUT2D eigenvalue weighted by atomic mass is 10.0. The molecule has 0 fully saturated rings. The Kier molecular flexibility index (Phi) is 54.3.